The van der Waals surface area contributed by atoms with Gasteiger partial charge in [-0.1, -0.05) is 41.9 Å². The normalized spacial score (nSPS) is 11.3. The number of halogens is 1. The molecule has 0 bridgehead atoms. The summed E-state index contributed by atoms with van der Waals surface area (Å²) in [5, 5.41) is 23.7. The third-order valence-electron chi connectivity index (χ3n) is 4.86. The number of hydrogen-bond donors (Lipinski definition) is 1. The van der Waals surface area contributed by atoms with Gasteiger partial charge in [-0.2, -0.15) is 13.7 Å². The van der Waals surface area contributed by atoms with E-state index in [2.05, 4.69) is 5.32 Å². The summed E-state index contributed by atoms with van der Waals surface area (Å²) in [5.74, 6) is -1.03. The molecular formula is C24H18ClN3O7S. The van der Waals surface area contributed by atoms with Crippen molar-refractivity contribution in [2.45, 2.75) is 11.8 Å². The second kappa shape index (κ2) is 10.9. The van der Waals surface area contributed by atoms with E-state index in [9.17, 15) is 28.6 Å². The number of para-hydroxylation sites is 2. The molecule has 0 radical (unpaired) electrons. The number of rotatable bonds is 8. The molecule has 184 valence electrons. The molecule has 12 heteroatoms. The Balaban J connectivity index is 1.97. The molecule has 3 aromatic rings. The Morgan fingerprint density at radius 2 is 1.86 bits per heavy atom. The van der Waals surface area contributed by atoms with Gasteiger partial charge in [0.05, 0.1) is 22.7 Å². The lowest BCUT2D eigenvalue weighted by molar-refractivity contribution is -0.387. The summed E-state index contributed by atoms with van der Waals surface area (Å²) in [6.07, 6.45) is 1.21. The average Bonchev–Trinajstić information content (AvgIpc) is 2.84. The Hall–Kier alpha value is -4.40. The number of amides is 1. The Morgan fingerprint density at radius 1 is 1.14 bits per heavy atom. The molecule has 0 aliphatic heterocycles. The van der Waals surface area contributed by atoms with Crippen LogP contribution in [-0.2, 0) is 14.9 Å². The molecule has 0 aliphatic rings. The van der Waals surface area contributed by atoms with Crippen molar-refractivity contribution in [2.24, 2.45) is 0 Å². The first kappa shape index (κ1) is 26.2. The number of nitrogens with one attached hydrogen (secondary N) is 1. The van der Waals surface area contributed by atoms with E-state index >= 15 is 0 Å². The Kier molecular flexibility index (Phi) is 7.93. The van der Waals surface area contributed by atoms with E-state index in [1.807, 2.05) is 0 Å². The van der Waals surface area contributed by atoms with Crippen LogP contribution in [0.25, 0.3) is 6.08 Å². The van der Waals surface area contributed by atoms with Crippen molar-refractivity contribution in [1.82, 2.24) is 0 Å². The van der Waals surface area contributed by atoms with Gasteiger partial charge >= 0.3 is 10.1 Å². The van der Waals surface area contributed by atoms with E-state index in [0.717, 1.165) is 12.1 Å². The van der Waals surface area contributed by atoms with Crippen LogP contribution < -0.4 is 14.2 Å². The highest BCUT2D eigenvalue weighted by Crippen LogP contribution is 2.34. The number of hydrogen-bond acceptors (Lipinski definition) is 8. The summed E-state index contributed by atoms with van der Waals surface area (Å²) < 4.78 is 36.0. The highest BCUT2D eigenvalue weighted by molar-refractivity contribution is 7.87. The zero-order chi connectivity index (χ0) is 26.5. The minimum atomic E-state index is -4.64. The third-order valence-corrected chi connectivity index (χ3v) is 6.45. The molecule has 0 fully saturated rings. The number of ether oxygens (including phenoxy) is 1. The fourth-order valence-corrected chi connectivity index (χ4v) is 4.49. The van der Waals surface area contributed by atoms with Crippen molar-refractivity contribution in [3.05, 3.63) is 92.5 Å². The number of nitriles is 1. The third kappa shape index (κ3) is 5.80. The fourth-order valence-electron chi connectivity index (χ4n) is 3.12. The Bertz CT molecular complexity index is 1510. The zero-order valence-electron chi connectivity index (χ0n) is 18.9. The van der Waals surface area contributed by atoms with Gasteiger partial charge in [-0.05, 0) is 48.4 Å². The van der Waals surface area contributed by atoms with E-state index in [4.69, 9.17) is 20.5 Å². The van der Waals surface area contributed by atoms with Gasteiger partial charge in [-0.3, -0.25) is 14.9 Å². The number of benzene rings is 3. The topological polar surface area (TPSA) is 149 Å². The molecule has 1 amide bonds. The van der Waals surface area contributed by atoms with Gasteiger partial charge in [-0.25, -0.2) is 0 Å². The predicted molar refractivity (Wildman–Crippen MR) is 132 cm³/mol. The van der Waals surface area contributed by atoms with E-state index in [1.54, 1.807) is 31.2 Å². The first-order valence-corrected chi connectivity index (χ1v) is 11.9. The maximum absolute atomic E-state index is 12.8. The number of nitro groups is 1. The zero-order valence-corrected chi connectivity index (χ0v) is 20.5. The van der Waals surface area contributed by atoms with Gasteiger partial charge in [0.15, 0.2) is 16.4 Å². The summed E-state index contributed by atoms with van der Waals surface area (Å²) in [7, 11) is -3.37. The van der Waals surface area contributed by atoms with E-state index in [1.165, 1.54) is 43.5 Å². The van der Waals surface area contributed by atoms with E-state index in [0.29, 0.717) is 16.3 Å². The van der Waals surface area contributed by atoms with Crippen LogP contribution in [0.5, 0.6) is 11.5 Å². The largest absolute Gasteiger partial charge is 0.493 e. The SMILES string of the molecule is COc1ccc(/C=C(\C#N)C(=O)Nc2c(C)cccc2Cl)cc1OS(=O)(=O)c1ccccc1[N+](=O)[O-]. The van der Waals surface area contributed by atoms with Gasteiger partial charge in [0.25, 0.3) is 11.6 Å². The second-order valence-corrected chi connectivity index (χ2v) is 9.15. The van der Waals surface area contributed by atoms with Gasteiger partial charge in [0.1, 0.15) is 11.6 Å². The molecule has 3 aromatic carbocycles. The van der Waals surface area contributed by atoms with Gasteiger partial charge in [0, 0.05) is 6.07 Å². The number of aryl methyl sites for hydroxylation is 1. The van der Waals surface area contributed by atoms with Crippen molar-refractivity contribution in [3.63, 3.8) is 0 Å². The highest BCUT2D eigenvalue weighted by Gasteiger charge is 2.28. The predicted octanol–water partition coefficient (Wildman–Crippen LogP) is 4.88. The van der Waals surface area contributed by atoms with Crippen LogP contribution in [0.2, 0.25) is 5.02 Å². The summed E-state index contributed by atoms with van der Waals surface area (Å²) in [5.41, 5.74) is 0.303. The molecule has 0 unspecified atom stereocenters. The van der Waals surface area contributed by atoms with Crippen LogP contribution in [0.15, 0.2) is 71.1 Å². The smallest absolute Gasteiger partial charge is 0.346 e. The maximum Gasteiger partial charge on any atom is 0.346 e. The molecular weight excluding hydrogens is 510 g/mol. The van der Waals surface area contributed by atoms with Crippen LogP contribution in [-0.4, -0.2) is 26.4 Å². The molecule has 0 heterocycles. The number of nitrogens with zero attached hydrogens (tertiary/aromatic N) is 2. The van der Waals surface area contributed by atoms with Crippen LogP contribution in [0.3, 0.4) is 0 Å². The van der Waals surface area contributed by atoms with E-state index in [-0.39, 0.29) is 22.6 Å². The summed E-state index contributed by atoms with van der Waals surface area (Å²) in [6.45, 7) is 1.74. The molecule has 1 N–H and O–H groups in total. The minimum Gasteiger partial charge on any atom is -0.493 e. The second-order valence-electron chi connectivity index (χ2n) is 7.23. The van der Waals surface area contributed by atoms with E-state index < -0.39 is 31.5 Å². The van der Waals surface area contributed by atoms with Gasteiger partial charge in [-0.15, -0.1) is 0 Å². The summed E-state index contributed by atoms with van der Waals surface area (Å²) in [6, 6.07) is 15.6. The minimum absolute atomic E-state index is 0.00367. The van der Waals surface area contributed by atoms with Gasteiger partial charge < -0.3 is 14.2 Å². The quantitative estimate of drug-likeness (QED) is 0.143. The lowest BCUT2D eigenvalue weighted by atomic mass is 10.1. The molecule has 10 nitrogen and oxygen atoms in total. The lowest BCUT2D eigenvalue weighted by Crippen LogP contribution is -2.14. The van der Waals surface area contributed by atoms with Crippen molar-refractivity contribution < 1.29 is 27.1 Å². The van der Waals surface area contributed by atoms with Crippen molar-refractivity contribution in [2.75, 3.05) is 12.4 Å². The lowest BCUT2D eigenvalue weighted by Gasteiger charge is -2.12. The Labute approximate surface area is 211 Å². The van der Waals surface area contributed by atoms with Crippen LogP contribution >= 0.6 is 11.6 Å². The molecule has 0 atom stereocenters. The highest BCUT2D eigenvalue weighted by atomic mass is 35.5. The van der Waals surface area contributed by atoms with Crippen LogP contribution in [0.1, 0.15) is 11.1 Å². The summed E-state index contributed by atoms with van der Waals surface area (Å²) >= 11 is 6.13. The number of anilines is 1. The molecule has 0 spiro atoms. The monoisotopic (exact) mass is 527 g/mol. The van der Waals surface area contributed by atoms with Crippen molar-refractivity contribution in [3.8, 4) is 17.6 Å². The first-order valence-electron chi connectivity index (χ1n) is 10.1. The standard InChI is InChI=1S/C24H18ClN3O7S/c1-15-6-5-7-18(25)23(15)27-24(29)17(14-26)12-16-10-11-20(34-2)21(13-16)35-36(32,33)22-9-4-3-8-19(22)28(30)31/h3-13H,1-2H3,(H,27,29)/b17-12+. The van der Waals surface area contributed by atoms with Crippen LogP contribution in [0.4, 0.5) is 11.4 Å². The number of methoxy groups -OCH3 is 1. The fraction of sp³-hybridized carbons (Fsp3) is 0.0833. The molecule has 0 saturated carbocycles. The Morgan fingerprint density at radius 3 is 2.50 bits per heavy atom. The number of nitro benzene ring substituents is 1. The molecule has 3 rings (SSSR count). The molecule has 0 aliphatic carbocycles. The number of carbonyl (C=O) groups excluding carboxylic acids is 1. The first-order chi connectivity index (χ1) is 17.1. The van der Waals surface area contributed by atoms with Crippen molar-refractivity contribution in [1.29, 1.82) is 5.26 Å². The summed E-state index contributed by atoms with van der Waals surface area (Å²) in [4.78, 5) is 22.5. The molecule has 36 heavy (non-hydrogen) atoms. The molecule has 0 saturated heterocycles. The maximum atomic E-state index is 12.8. The number of carbonyl (C=O) groups is 1. The average molecular weight is 528 g/mol. The van der Waals surface area contributed by atoms with Crippen LogP contribution in [0, 0.1) is 28.4 Å². The van der Waals surface area contributed by atoms with Gasteiger partial charge in [0.2, 0.25) is 0 Å². The van der Waals surface area contributed by atoms with Crippen molar-refractivity contribution >= 4 is 45.1 Å². The molecule has 0 aromatic heterocycles.